The number of esters is 1. The molecule has 216 valence electrons. The topological polar surface area (TPSA) is 72.5 Å². The van der Waals surface area contributed by atoms with Crippen LogP contribution in [0.5, 0.6) is 23.0 Å². The third-order valence-electron chi connectivity index (χ3n) is 6.03. The number of hydrogen-bond donors (Lipinski definition) is 0. The maximum absolute atomic E-state index is 12.7. The first kappa shape index (κ1) is 33.1. The van der Waals surface area contributed by atoms with Crippen LogP contribution < -0.4 is 18.9 Å². The summed E-state index contributed by atoms with van der Waals surface area (Å²) in [7, 11) is 3.22. The normalized spacial score (nSPS) is 10.3. The van der Waals surface area contributed by atoms with Crippen LogP contribution in [-0.2, 0) is 38.8 Å². The second-order valence-electron chi connectivity index (χ2n) is 8.91. The molecule has 0 fully saturated rings. The van der Waals surface area contributed by atoms with Crippen molar-refractivity contribution in [1.82, 2.24) is 0 Å². The van der Waals surface area contributed by atoms with Gasteiger partial charge < -0.3 is 28.4 Å². The number of rotatable bonds is 14. The second kappa shape index (κ2) is 18.2. The van der Waals surface area contributed by atoms with Gasteiger partial charge in [-0.3, -0.25) is 0 Å². The van der Waals surface area contributed by atoms with E-state index in [1.54, 1.807) is 56.7 Å². The van der Waals surface area contributed by atoms with Crippen LogP contribution in [0.3, 0.4) is 0 Å². The van der Waals surface area contributed by atoms with Crippen LogP contribution in [0.4, 0.5) is 0 Å². The van der Waals surface area contributed by atoms with Crippen molar-refractivity contribution >= 4 is 19.6 Å². The first-order chi connectivity index (χ1) is 20.6. The first-order valence-electron chi connectivity index (χ1n) is 13.1. The van der Waals surface area contributed by atoms with E-state index in [2.05, 4.69) is 20.5 Å². The molecule has 0 aliphatic heterocycles. The van der Waals surface area contributed by atoms with Gasteiger partial charge in [0.2, 0.25) is 0 Å². The van der Waals surface area contributed by atoms with Crippen molar-refractivity contribution in [1.29, 1.82) is 0 Å². The number of benzene rings is 4. The SMILES string of the molecule is [CH2-]c1cc(OCc2ccccc2)cc(Cc2cc(OC(=O)c3ccccc3)ccc2OCOCCOC)c1OC.[Zn+][Br]. The molecule has 0 bridgehead atoms. The fourth-order valence-corrected chi connectivity index (χ4v) is 4.09. The molecule has 0 radical (unpaired) electrons. The van der Waals surface area contributed by atoms with E-state index in [0.717, 1.165) is 16.7 Å². The van der Waals surface area contributed by atoms with E-state index < -0.39 is 5.97 Å². The zero-order valence-corrected chi connectivity index (χ0v) is 28.4. The van der Waals surface area contributed by atoms with Gasteiger partial charge in [-0.05, 0) is 48.4 Å². The quantitative estimate of drug-likeness (QED) is 0.0350. The predicted molar refractivity (Wildman–Crippen MR) is 161 cm³/mol. The number of hydrogen-bond acceptors (Lipinski definition) is 7. The van der Waals surface area contributed by atoms with E-state index in [4.69, 9.17) is 28.4 Å². The molecule has 0 N–H and O–H groups in total. The van der Waals surface area contributed by atoms with E-state index in [0.29, 0.717) is 60.4 Å². The summed E-state index contributed by atoms with van der Waals surface area (Å²) in [5.41, 5.74) is 3.83. The molecule has 42 heavy (non-hydrogen) atoms. The Hall–Kier alpha value is -3.36. The molecular formula is C33H33BrO7Zn. The monoisotopic (exact) mass is 684 g/mol. The van der Waals surface area contributed by atoms with E-state index in [1.807, 2.05) is 48.5 Å². The number of carbonyl (C=O) groups excluding carboxylic acids is 1. The predicted octanol–water partition coefficient (Wildman–Crippen LogP) is 7.11. The number of carbonyl (C=O) groups is 1. The summed E-state index contributed by atoms with van der Waals surface area (Å²) >= 11 is 4.25. The van der Waals surface area contributed by atoms with Crippen LogP contribution in [0.25, 0.3) is 0 Å². The molecule has 0 heterocycles. The Morgan fingerprint density at radius 3 is 2.19 bits per heavy atom. The summed E-state index contributed by atoms with van der Waals surface area (Å²) in [5, 5.41) is 0. The summed E-state index contributed by atoms with van der Waals surface area (Å²) in [4.78, 5) is 12.7. The molecule has 0 saturated heterocycles. The molecule has 0 saturated carbocycles. The summed E-state index contributed by atoms with van der Waals surface area (Å²) in [6, 6.07) is 27.8. The van der Waals surface area contributed by atoms with E-state index >= 15 is 0 Å². The average molecular weight is 687 g/mol. The van der Waals surface area contributed by atoms with E-state index in [-0.39, 0.29) is 6.79 Å². The Labute approximate surface area is 264 Å². The van der Waals surface area contributed by atoms with Crippen molar-refractivity contribution in [3.63, 3.8) is 0 Å². The van der Waals surface area contributed by atoms with Gasteiger partial charge in [-0.15, -0.1) is 6.07 Å². The van der Waals surface area contributed by atoms with Crippen molar-refractivity contribution in [2.75, 3.05) is 34.2 Å². The van der Waals surface area contributed by atoms with Gasteiger partial charge in [-0.2, -0.15) is 12.5 Å². The molecule has 0 aliphatic rings. The zero-order valence-electron chi connectivity index (χ0n) is 23.8. The number of halogens is 1. The minimum atomic E-state index is -0.447. The Kier molecular flexibility index (Phi) is 14.4. The van der Waals surface area contributed by atoms with Gasteiger partial charge in [0.1, 0.15) is 18.1 Å². The summed E-state index contributed by atoms with van der Waals surface area (Å²) in [6.07, 6.45) is 0.401. The molecule has 4 aromatic carbocycles. The molecule has 0 unspecified atom stereocenters. The standard InChI is InChI=1S/C33H33O7.BrH.Zn/c1-24-18-30(38-22-25-10-6-4-7-11-25)21-28(32(24)36-3)19-27-20-29(40-33(34)26-12-8-5-9-13-26)14-15-31(27)39-23-37-17-16-35-2;;/h4-15,18,20-21H,1,16-17,19,22-23H2,2-3H3;1H;/q-1;;+2/p-1. The summed E-state index contributed by atoms with van der Waals surface area (Å²) < 4.78 is 33.9. The Balaban J connectivity index is 0.00000237. The Morgan fingerprint density at radius 1 is 0.810 bits per heavy atom. The van der Waals surface area contributed by atoms with Gasteiger partial charge in [-0.1, -0.05) is 54.1 Å². The van der Waals surface area contributed by atoms with Gasteiger partial charge in [-0.25, -0.2) is 4.79 Å². The van der Waals surface area contributed by atoms with Crippen LogP contribution in [0.1, 0.15) is 32.6 Å². The third-order valence-corrected chi connectivity index (χ3v) is 6.03. The van der Waals surface area contributed by atoms with Crippen molar-refractivity contribution in [2.24, 2.45) is 0 Å². The van der Waals surface area contributed by atoms with Crippen molar-refractivity contribution in [2.45, 2.75) is 13.0 Å². The van der Waals surface area contributed by atoms with Crippen LogP contribution in [0, 0.1) is 6.92 Å². The van der Waals surface area contributed by atoms with Gasteiger partial charge >= 0.3 is 35.9 Å². The molecule has 4 aromatic rings. The van der Waals surface area contributed by atoms with Crippen LogP contribution in [0.2, 0.25) is 0 Å². The fraction of sp³-hybridized carbons (Fsp3) is 0.212. The summed E-state index contributed by atoms with van der Waals surface area (Å²) in [6.45, 7) is 5.49. The zero-order chi connectivity index (χ0) is 30.2. The molecule has 0 spiro atoms. The minimum absolute atomic E-state index is 0.0391. The van der Waals surface area contributed by atoms with E-state index in [1.165, 1.54) is 16.3 Å². The molecule has 9 heteroatoms. The maximum atomic E-state index is 12.7. The number of ether oxygens (including phenoxy) is 6. The second-order valence-corrected chi connectivity index (χ2v) is 8.91. The molecule has 0 atom stereocenters. The molecular weight excluding hydrogens is 654 g/mol. The summed E-state index contributed by atoms with van der Waals surface area (Å²) in [5.74, 6) is 1.83. The van der Waals surface area contributed by atoms with Gasteiger partial charge in [0.05, 0.1) is 31.6 Å². The third kappa shape index (κ3) is 10.2. The van der Waals surface area contributed by atoms with Crippen molar-refractivity contribution in [3.8, 4) is 23.0 Å². The Morgan fingerprint density at radius 2 is 1.50 bits per heavy atom. The fourth-order valence-electron chi connectivity index (χ4n) is 4.09. The Bertz CT molecular complexity index is 1380. The van der Waals surface area contributed by atoms with Crippen LogP contribution >= 0.6 is 13.6 Å². The molecule has 0 amide bonds. The molecule has 4 rings (SSSR count). The van der Waals surface area contributed by atoms with Gasteiger partial charge in [0.15, 0.2) is 6.79 Å². The van der Waals surface area contributed by atoms with Gasteiger partial charge in [0, 0.05) is 18.4 Å². The van der Waals surface area contributed by atoms with Gasteiger partial charge in [0.25, 0.3) is 0 Å². The number of methoxy groups -OCH3 is 2. The molecule has 0 aliphatic carbocycles. The van der Waals surface area contributed by atoms with Crippen LogP contribution in [0.15, 0.2) is 91.0 Å². The molecule has 0 aromatic heterocycles. The van der Waals surface area contributed by atoms with Crippen LogP contribution in [-0.4, -0.2) is 40.2 Å². The van der Waals surface area contributed by atoms with E-state index in [9.17, 15) is 4.79 Å². The van der Waals surface area contributed by atoms with Crippen molar-refractivity contribution in [3.05, 3.63) is 126 Å². The van der Waals surface area contributed by atoms with Crippen molar-refractivity contribution < 1.29 is 49.6 Å². The molecule has 7 nitrogen and oxygen atoms in total. The first-order valence-corrected chi connectivity index (χ1v) is 20.1. The average Bonchev–Trinajstić information content (AvgIpc) is 3.02.